The second kappa shape index (κ2) is 5.57. The number of hydrogen-bond donors (Lipinski definition) is 4. The first-order valence-corrected chi connectivity index (χ1v) is 6.11. The van der Waals surface area contributed by atoms with Gasteiger partial charge in [0.2, 0.25) is 0 Å². The van der Waals surface area contributed by atoms with Gasteiger partial charge in [0, 0.05) is 11.1 Å². The first-order valence-electron chi connectivity index (χ1n) is 6.11. The third-order valence-corrected chi connectivity index (χ3v) is 3.09. The van der Waals surface area contributed by atoms with E-state index < -0.39 is 23.3 Å². The van der Waals surface area contributed by atoms with E-state index in [0.29, 0.717) is 5.69 Å². The van der Waals surface area contributed by atoms with Gasteiger partial charge in [-0.15, -0.1) is 0 Å². The predicted molar refractivity (Wildman–Crippen MR) is 79.1 cm³/mol. The molecule has 6 N–H and O–H groups in total. The van der Waals surface area contributed by atoms with Crippen LogP contribution < -0.4 is 11.5 Å². The minimum atomic E-state index is -1.43. The van der Waals surface area contributed by atoms with Crippen LogP contribution in [0.25, 0.3) is 0 Å². The summed E-state index contributed by atoms with van der Waals surface area (Å²) in [6.45, 7) is 0. The Labute approximate surface area is 124 Å². The van der Waals surface area contributed by atoms with E-state index in [4.69, 9.17) is 21.7 Å². The van der Waals surface area contributed by atoms with Crippen LogP contribution in [0, 0.1) is 0 Å². The molecule has 0 saturated carbocycles. The first-order chi connectivity index (χ1) is 10.3. The molecular formula is C15H12N2O5. The SMILES string of the molecule is Nc1ccc(C(=O)c2ccc(C(=O)O)c(C(=O)O)c2)cc1N. The lowest BCUT2D eigenvalue weighted by atomic mass is 9.97. The lowest BCUT2D eigenvalue weighted by molar-refractivity contribution is 0.0651. The molecule has 0 amide bonds. The standard InChI is InChI=1S/C15H12N2O5/c16-11-4-2-8(6-12(11)17)13(18)7-1-3-9(14(19)20)10(5-7)15(21)22/h1-6H,16-17H2,(H,19,20)(H,21,22). The monoisotopic (exact) mass is 300 g/mol. The Morgan fingerprint density at radius 2 is 1.27 bits per heavy atom. The van der Waals surface area contributed by atoms with Crippen LogP contribution in [0.5, 0.6) is 0 Å². The number of anilines is 2. The number of aromatic carboxylic acids is 2. The average molecular weight is 300 g/mol. The Balaban J connectivity index is 2.50. The molecule has 0 aliphatic rings. The van der Waals surface area contributed by atoms with Crippen molar-refractivity contribution in [1.29, 1.82) is 0 Å². The molecule has 2 aromatic rings. The maximum atomic E-state index is 12.3. The molecule has 7 heteroatoms. The lowest BCUT2D eigenvalue weighted by Crippen LogP contribution is -2.11. The van der Waals surface area contributed by atoms with Gasteiger partial charge < -0.3 is 21.7 Å². The zero-order chi connectivity index (χ0) is 16.4. The highest BCUT2D eigenvalue weighted by atomic mass is 16.4. The van der Waals surface area contributed by atoms with Crippen molar-refractivity contribution in [2.75, 3.05) is 11.5 Å². The summed E-state index contributed by atoms with van der Waals surface area (Å²) in [6, 6.07) is 7.67. The molecule has 0 bridgehead atoms. The van der Waals surface area contributed by atoms with Gasteiger partial charge in [-0.25, -0.2) is 9.59 Å². The highest BCUT2D eigenvalue weighted by molar-refractivity contribution is 6.12. The minimum Gasteiger partial charge on any atom is -0.478 e. The fourth-order valence-corrected chi connectivity index (χ4v) is 1.93. The predicted octanol–water partition coefficient (Wildman–Crippen LogP) is 1.48. The number of carbonyl (C=O) groups excluding carboxylic acids is 1. The molecule has 0 unspecified atom stereocenters. The molecular weight excluding hydrogens is 288 g/mol. The van der Waals surface area contributed by atoms with Gasteiger partial charge in [-0.2, -0.15) is 0 Å². The summed E-state index contributed by atoms with van der Waals surface area (Å²) in [6.07, 6.45) is 0. The zero-order valence-electron chi connectivity index (χ0n) is 11.2. The van der Waals surface area contributed by atoms with Crippen LogP contribution in [0.15, 0.2) is 36.4 Å². The Kier molecular flexibility index (Phi) is 3.81. The average Bonchev–Trinajstić information content (AvgIpc) is 2.48. The molecule has 0 atom stereocenters. The summed E-state index contributed by atoms with van der Waals surface area (Å²) < 4.78 is 0. The number of hydrogen-bond acceptors (Lipinski definition) is 5. The van der Waals surface area contributed by atoms with Crippen LogP contribution in [0.2, 0.25) is 0 Å². The van der Waals surface area contributed by atoms with Gasteiger partial charge in [0.15, 0.2) is 5.78 Å². The van der Waals surface area contributed by atoms with E-state index in [1.807, 2.05) is 0 Å². The van der Waals surface area contributed by atoms with Crippen LogP contribution in [0.1, 0.15) is 36.6 Å². The normalized spacial score (nSPS) is 10.2. The van der Waals surface area contributed by atoms with E-state index in [2.05, 4.69) is 0 Å². The number of carboxylic acid groups (broad SMARTS) is 2. The van der Waals surface area contributed by atoms with E-state index in [-0.39, 0.29) is 22.4 Å². The second-order valence-corrected chi connectivity index (χ2v) is 4.54. The molecule has 0 aromatic heterocycles. The maximum absolute atomic E-state index is 12.3. The van der Waals surface area contributed by atoms with Gasteiger partial charge in [-0.1, -0.05) is 6.07 Å². The molecule has 0 heterocycles. The molecule has 112 valence electrons. The van der Waals surface area contributed by atoms with Crippen molar-refractivity contribution in [3.63, 3.8) is 0 Å². The molecule has 0 radical (unpaired) electrons. The van der Waals surface area contributed by atoms with Gasteiger partial charge >= 0.3 is 11.9 Å². The fourth-order valence-electron chi connectivity index (χ4n) is 1.93. The van der Waals surface area contributed by atoms with Crippen LogP contribution >= 0.6 is 0 Å². The molecule has 2 aromatic carbocycles. The second-order valence-electron chi connectivity index (χ2n) is 4.54. The summed E-state index contributed by atoms with van der Waals surface area (Å²) in [5, 5.41) is 18.0. The molecule has 0 saturated heterocycles. The molecule has 0 aliphatic carbocycles. The van der Waals surface area contributed by atoms with Gasteiger partial charge in [-0.3, -0.25) is 4.79 Å². The van der Waals surface area contributed by atoms with Crippen molar-refractivity contribution >= 4 is 29.1 Å². The third kappa shape index (κ3) is 2.73. The van der Waals surface area contributed by atoms with E-state index in [0.717, 1.165) is 12.1 Å². The van der Waals surface area contributed by atoms with E-state index in [9.17, 15) is 14.4 Å². The van der Waals surface area contributed by atoms with E-state index in [1.54, 1.807) is 0 Å². The third-order valence-electron chi connectivity index (χ3n) is 3.09. The highest BCUT2D eigenvalue weighted by Gasteiger charge is 2.19. The summed E-state index contributed by atoms with van der Waals surface area (Å²) in [5.74, 6) is -3.29. The summed E-state index contributed by atoms with van der Waals surface area (Å²) in [4.78, 5) is 34.4. The van der Waals surface area contributed by atoms with E-state index in [1.165, 1.54) is 24.3 Å². The maximum Gasteiger partial charge on any atom is 0.336 e. The Bertz CT molecular complexity index is 799. The van der Waals surface area contributed by atoms with Gasteiger partial charge in [0.25, 0.3) is 0 Å². The van der Waals surface area contributed by atoms with Crippen LogP contribution in [0.3, 0.4) is 0 Å². The van der Waals surface area contributed by atoms with Crippen LogP contribution in [0.4, 0.5) is 11.4 Å². The molecule has 0 spiro atoms. The highest BCUT2D eigenvalue weighted by Crippen LogP contribution is 2.20. The Morgan fingerprint density at radius 1 is 0.727 bits per heavy atom. The topological polar surface area (TPSA) is 144 Å². The Hall–Kier alpha value is -3.35. The number of carboxylic acids is 2. The molecule has 0 fully saturated rings. The van der Waals surface area contributed by atoms with Crippen molar-refractivity contribution in [3.8, 4) is 0 Å². The molecule has 7 nitrogen and oxygen atoms in total. The number of carbonyl (C=O) groups is 3. The largest absolute Gasteiger partial charge is 0.478 e. The molecule has 0 aliphatic heterocycles. The number of benzene rings is 2. The smallest absolute Gasteiger partial charge is 0.336 e. The van der Waals surface area contributed by atoms with Crippen molar-refractivity contribution in [1.82, 2.24) is 0 Å². The fraction of sp³-hybridized carbons (Fsp3) is 0. The van der Waals surface area contributed by atoms with Crippen LogP contribution in [-0.2, 0) is 0 Å². The quantitative estimate of drug-likeness (QED) is 0.494. The minimum absolute atomic E-state index is 0.0478. The van der Waals surface area contributed by atoms with Crippen LogP contribution in [-0.4, -0.2) is 27.9 Å². The number of nitrogens with two attached hydrogens (primary N) is 2. The summed E-state index contributed by atoms with van der Waals surface area (Å²) in [5.41, 5.74) is 11.2. The summed E-state index contributed by atoms with van der Waals surface area (Å²) >= 11 is 0. The van der Waals surface area contributed by atoms with Gasteiger partial charge in [0.1, 0.15) is 0 Å². The molecule has 22 heavy (non-hydrogen) atoms. The van der Waals surface area contributed by atoms with Crippen molar-refractivity contribution in [3.05, 3.63) is 58.7 Å². The lowest BCUT2D eigenvalue weighted by Gasteiger charge is -2.07. The van der Waals surface area contributed by atoms with Gasteiger partial charge in [-0.05, 0) is 30.3 Å². The Morgan fingerprint density at radius 3 is 1.82 bits per heavy atom. The molecule has 2 rings (SSSR count). The zero-order valence-corrected chi connectivity index (χ0v) is 11.2. The number of rotatable bonds is 4. The van der Waals surface area contributed by atoms with Crippen molar-refractivity contribution < 1.29 is 24.6 Å². The number of nitrogen functional groups attached to an aromatic ring is 2. The van der Waals surface area contributed by atoms with E-state index >= 15 is 0 Å². The first kappa shape index (κ1) is 15.0. The van der Waals surface area contributed by atoms with Crippen molar-refractivity contribution in [2.45, 2.75) is 0 Å². The van der Waals surface area contributed by atoms with Crippen molar-refractivity contribution in [2.24, 2.45) is 0 Å². The van der Waals surface area contributed by atoms with Gasteiger partial charge in [0.05, 0.1) is 22.5 Å². The summed E-state index contributed by atoms with van der Waals surface area (Å²) in [7, 11) is 0. The number of ketones is 1.